The van der Waals surface area contributed by atoms with Crippen LogP contribution in [0.15, 0.2) is 72.8 Å². The van der Waals surface area contributed by atoms with Gasteiger partial charge in [-0.2, -0.15) is 0 Å². The number of nitrogens with one attached hydrogen (secondary N) is 2. The van der Waals surface area contributed by atoms with E-state index in [0.717, 1.165) is 5.56 Å². The Morgan fingerprint density at radius 3 is 2.37 bits per heavy atom. The minimum absolute atomic E-state index is 0.0299. The summed E-state index contributed by atoms with van der Waals surface area (Å²) in [5, 5.41) is 16.3. The first-order valence-corrected chi connectivity index (χ1v) is 10.7. The van der Waals surface area contributed by atoms with Gasteiger partial charge in [-0.3, -0.25) is 19.7 Å². The van der Waals surface area contributed by atoms with Crippen molar-refractivity contribution in [3.8, 4) is 11.5 Å². The van der Waals surface area contributed by atoms with Crippen molar-refractivity contribution in [2.75, 3.05) is 26.1 Å². The summed E-state index contributed by atoms with van der Waals surface area (Å²) >= 11 is 0. The van der Waals surface area contributed by atoms with Crippen molar-refractivity contribution in [1.82, 2.24) is 5.32 Å². The van der Waals surface area contributed by atoms with Gasteiger partial charge in [-0.15, -0.1) is 0 Å². The molecule has 3 aromatic carbocycles. The number of para-hydroxylation sites is 1. The molecule has 0 aliphatic carbocycles. The van der Waals surface area contributed by atoms with Gasteiger partial charge < -0.3 is 20.1 Å². The maximum absolute atomic E-state index is 12.7. The first kappa shape index (κ1) is 25.0. The molecule has 2 amide bonds. The fourth-order valence-electron chi connectivity index (χ4n) is 3.30. The van der Waals surface area contributed by atoms with Crippen molar-refractivity contribution in [2.45, 2.75) is 6.42 Å². The van der Waals surface area contributed by atoms with E-state index < -0.39 is 10.8 Å². The second-order valence-corrected chi connectivity index (χ2v) is 7.41. The molecule has 0 aromatic heterocycles. The number of methoxy groups -OCH3 is 2. The smallest absolute Gasteiger partial charge is 0.269 e. The highest BCUT2D eigenvalue weighted by molar-refractivity contribution is 6.07. The minimum Gasteiger partial charge on any atom is -0.493 e. The summed E-state index contributed by atoms with van der Waals surface area (Å²) < 4.78 is 10.5. The van der Waals surface area contributed by atoms with Crippen LogP contribution in [0.1, 0.15) is 21.5 Å². The van der Waals surface area contributed by atoms with Gasteiger partial charge in [0.05, 0.1) is 30.4 Å². The molecule has 0 saturated carbocycles. The van der Waals surface area contributed by atoms with Crippen molar-refractivity contribution in [2.24, 2.45) is 0 Å². The number of amides is 2. The van der Waals surface area contributed by atoms with Crippen LogP contribution in [-0.4, -0.2) is 37.5 Å². The third-order valence-electron chi connectivity index (χ3n) is 5.11. The number of rotatable bonds is 10. The molecule has 0 radical (unpaired) electrons. The van der Waals surface area contributed by atoms with Crippen LogP contribution in [0.25, 0.3) is 6.08 Å². The van der Waals surface area contributed by atoms with Gasteiger partial charge in [-0.25, -0.2) is 0 Å². The van der Waals surface area contributed by atoms with Gasteiger partial charge in [-0.05, 0) is 60.0 Å². The number of non-ortho nitro benzene ring substituents is 1. The largest absolute Gasteiger partial charge is 0.493 e. The second-order valence-electron chi connectivity index (χ2n) is 7.41. The lowest BCUT2D eigenvalue weighted by Gasteiger charge is -2.12. The van der Waals surface area contributed by atoms with Crippen LogP contribution in [-0.2, 0) is 11.2 Å². The van der Waals surface area contributed by atoms with Crippen molar-refractivity contribution in [3.63, 3.8) is 0 Å². The Morgan fingerprint density at radius 2 is 1.69 bits per heavy atom. The molecule has 0 fully saturated rings. The molecule has 0 atom stereocenters. The van der Waals surface area contributed by atoms with Crippen LogP contribution in [0.2, 0.25) is 0 Å². The van der Waals surface area contributed by atoms with Crippen LogP contribution in [0.3, 0.4) is 0 Å². The summed E-state index contributed by atoms with van der Waals surface area (Å²) in [6.07, 6.45) is 3.41. The van der Waals surface area contributed by atoms with Crippen molar-refractivity contribution in [3.05, 3.63) is 99.6 Å². The average molecular weight is 476 g/mol. The fourth-order valence-corrected chi connectivity index (χ4v) is 3.30. The first-order chi connectivity index (χ1) is 16.9. The molecule has 0 spiro atoms. The number of nitro groups is 1. The topological polar surface area (TPSA) is 120 Å². The lowest BCUT2D eigenvalue weighted by Crippen LogP contribution is -2.27. The van der Waals surface area contributed by atoms with E-state index in [4.69, 9.17) is 9.47 Å². The zero-order valence-corrected chi connectivity index (χ0v) is 19.3. The van der Waals surface area contributed by atoms with Gasteiger partial charge in [0, 0.05) is 24.8 Å². The summed E-state index contributed by atoms with van der Waals surface area (Å²) in [6, 6.07) is 18.1. The molecule has 35 heavy (non-hydrogen) atoms. The Labute approximate surface area is 202 Å². The molecule has 180 valence electrons. The van der Waals surface area contributed by atoms with Crippen LogP contribution >= 0.6 is 0 Å². The number of hydrogen-bond donors (Lipinski definition) is 2. The van der Waals surface area contributed by atoms with E-state index in [0.29, 0.717) is 41.3 Å². The number of carbonyl (C=O) groups is 2. The SMILES string of the molecule is COc1ccc(CCNC(=O)c2ccccc2NC(=O)/C=C/c2ccc([N+](=O)[O-])cc2)cc1OC. The molecule has 0 heterocycles. The fraction of sp³-hybridized carbons (Fsp3) is 0.154. The van der Waals surface area contributed by atoms with Crippen LogP contribution in [0, 0.1) is 10.1 Å². The Bertz CT molecular complexity index is 1240. The van der Waals surface area contributed by atoms with Gasteiger partial charge in [0.2, 0.25) is 5.91 Å². The number of anilines is 1. The molecule has 9 nitrogen and oxygen atoms in total. The molecular formula is C26H25N3O6. The van der Waals surface area contributed by atoms with E-state index in [1.807, 2.05) is 18.2 Å². The van der Waals surface area contributed by atoms with Crippen molar-refractivity contribution in [1.29, 1.82) is 0 Å². The highest BCUT2D eigenvalue weighted by Crippen LogP contribution is 2.27. The standard InChI is InChI=1S/C26H25N3O6/c1-34-23-13-9-19(17-24(23)35-2)15-16-27-26(31)21-5-3-4-6-22(21)28-25(30)14-10-18-7-11-20(12-8-18)29(32)33/h3-14,17H,15-16H2,1-2H3,(H,27,31)(H,28,30)/b14-10+. The van der Waals surface area contributed by atoms with E-state index in [-0.39, 0.29) is 11.6 Å². The quantitative estimate of drug-likeness (QED) is 0.257. The van der Waals surface area contributed by atoms with E-state index in [2.05, 4.69) is 10.6 Å². The molecule has 2 N–H and O–H groups in total. The number of benzene rings is 3. The summed E-state index contributed by atoms with van der Waals surface area (Å²) in [5.41, 5.74) is 2.27. The first-order valence-electron chi connectivity index (χ1n) is 10.7. The van der Waals surface area contributed by atoms with E-state index in [1.165, 1.54) is 24.3 Å². The number of nitrogens with zero attached hydrogens (tertiary/aromatic N) is 1. The lowest BCUT2D eigenvalue weighted by molar-refractivity contribution is -0.384. The van der Waals surface area contributed by atoms with Crippen molar-refractivity contribution < 1.29 is 24.0 Å². The number of ether oxygens (including phenoxy) is 2. The molecular weight excluding hydrogens is 450 g/mol. The summed E-state index contributed by atoms with van der Waals surface area (Å²) in [6.45, 7) is 0.386. The van der Waals surface area contributed by atoms with Crippen LogP contribution in [0.5, 0.6) is 11.5 Å². The van der Waals surface area contributed by atoms with Gasteiger partial charge >= 0.3 is 0 Å². The summed E-state index contributed by atoms with van der Waals surface area (Å²) in [5.74, 6) is 0.494. The Hall–Kier alpha value is -4.66. The normalized spacial score (nSPS) is 10.6. The van der Waals surface area contributed by atoms with Gasteiger partial charge in [0.1, 0.15) is 0 Å². The molecule has 0 saturated heterocycles. The minimum atomic E-state index is -0.490. The molecule has 0 unspecified atom stereocenters. The molecule has 0 aliphatic rings. The van der Waals surface area contributed by atoms with Gasteiger partial charge in [0.25, 0.3) is 11.6 Å². The number of nitro benzene ring substituents is 1. The number of hydrogen-bond acceptors (Lipinski definition) is 6. The van der Waals surface area contributed by atoms with Crippen LogP contribution < -0.4 is 20.1 Å². The maximum Gasteiger partial charge on any atom is 0.269 e. The monoisotopic (exact) mass is 475 g/mol. The Morgan fingerprint density at radius 1 is 0.971 bits per heavy atom. The van der Waals surface area contributed by atoms with Crippen molar-refractivity contribution >= 4 is 29.3 Å². The summed E-state index contributed by atoms with van der Waals surface area (Å²) in [4.78, 5) is 35.4. The maximum atomic E-state index is 12.7. The lowest BCUT2D eigenvalue weighted by atomic mass is 10.1. The third kappa shape index (κ3) is 6.91. The molecule has 3 aromatic rings. The van der Waals surface area contributed by atoms with Gasteiger partial charge in [0.15, 0.2) is 11.5 Å². The zero-order chi connectivity index (χ0) is 25.2. The molecule has 0 aliphatic heterocycles. The van der Waals surface area contributed by atoms with E-state index in [1.54, 1.807) is 50.6 Å². The molecule has 9 heteroatoms. The predicted octanol–water partition coefficient (Wildman–Crippen LogP) is 4.24. The van der Waals surface area contributed by atoms with Gasteiger partial charge in [-0.1, -0.05) is 18.2 Å². The summed E-state index contributed by atoms with van der Waals surface area (Å²) in [7, 11) is 3.13. The zero-order valence-electron chi connectivity index (χ0n) is 19.3. The number of carbonyl (C=O) groups excluding carboxylic acids is 2. The Kier molecular flexibility index (Phi) is 8.55. The second kappa shape index (κ2) is 12.0. The van der Waals surface area contributed by atoms with E-state index >= 15 is 0 Å². The average Bonchev–Trinajstić information content (AvgIpc) is 2.87. The third-order valence-corrected chi connectivity index (χ3v) is 5.11. The highest BCUT2D eigenvalue weighted by Gasteiger charge is 2.12. The highest BCUT2D eigenvalue weighted by atomic mass is 16.6. The Balaban J connectivity index is 1.59. The molecule has 0 bridgehead atoms. The van der Waals surface area contributed by atoms with Crippen LogP contribution in [0.4, 0.5) is 11.4 Å². The molecule has 3 rings (SSSR count). The predicted molar refractivity (Wildman–Crippen MR) is 133 cm³/mol. The van der Waals surface area contributed by atoms with E-state index in [9.17, 15) is 19.7 Å².